The summed E-state index contributed by atoms with van der Waals surface area (Å²) in [6.07, 6.45) is 1.29. The first-order chi connectivity index (χ1) is 14.9. The molecule has 0 radical (unpaired) electrons. The number of benzene rings is 2. The fourth-order valence-electron chi connectivity index (χ4n) is 3.63. The fourth-order valence-corrected chi connectivity index (χ4v) is 3.63. The molecule has 8 heteroatoms. The minimum absolute atomic E-state index is 0.0259. The predicted octanol–water partition coefficient (Wildman–Crippen LogP) is 1.83. The highest BCUT2D eigenvalue weighted by Gasteiger charge is 2.43. The lowest BCUT2D eigenvalue weighted by atomic mass is 9.93. The van der Waals surface area contributed by atoms with Gasteiger partial charge in [0.05, 0.1) is 12.2 Å². The molecule has 156 valence electrons. The maximum atomic E-state index is 13.4. The van der Waals surface area contributed by atoms with Crippen molar-refractivity contribution >= 4 is 29.4 Å². The molecule has 2 heterocycles. The van der Waals surface area contributed by atoms with Crippen LogP contribution >= 0.6 is 0 Å². The average Bonchev–Trinajstić information content (AvgIpc) is 2.79. The van der Waals surface area contributed by atoms with Crippen molar-refractivity contribution in [2.45, 2.75) is 6.54 Å². The molecule has 0 unspecified atom stereocenters. The molecule has 0 fully saturated rings. The number of carbonyl (C=O) groups is 2. The SMILES string of the molecule is Cn1c2c(c(=O)n(C)c1=O)C(=O)[C@@H](C=NCc1ccccc1)C(=O)N2c1ccccc1. The van der Waals surface area contributed by atoms with Crippen LogP contribution in [0.2, 0.25) is 0 Å². The molecule has 1 aliphatic heterocycles. The van der Waals surface area contributed by atoms with Crippen LogP contribution in [0.4, 0.5) is 11.5 Å². The normalized spacial score (nSPS) is 16.1. The third-order valence-electron chi connectivity index (χ3n) is 5.25. The second-order valence-electron chi connectivity index (χ2n) is 7.23. The maximum absolute atomic E-state index is 13.4. The number of hydrogen-bond acceptors (Lipinski definition) is 5. The van der Waals surface area contributed by atoms with E-state index in [1.54, 1.807) is 30.3 Å². The van der Waals surface area contributed by atoms with Crippen LogP contribution < -0.4 is 16.1 Å². The topological polar surface area (TPSA) is 93.7 Å². The molecule has 31 heavy (non-hydrogen) atoms. The Kier molecular flexibility index (Phi) is 5.21. The van der Waals surface area contributed by atoms with Gasteiger partial charge in [-0.25, -0.2) is 4.79 Å². The summed E-state index contributed by atoms with van der Waals surface area (Å²) in [7, 11) is 2.74. The number of amides is 1. The fraction of sp³-hybridized carbons (Fsp3) is 0.174. The number of carbonyl (C=O) groups excluding carboxylic acids is 2. The van der Waals surface area contributed by atoms with E-state index in [9.17, 15) is 19.2 Å². The van der Waals surface area contributed by atoms with Crippen molar-refractivity contribution in [2.75, 3.05) is 4.90 Å². The minimum atomic E-state index is -1.26. The molecule has 0 bridgehead atoms. The zero-order valence-electron chi connectivity index (χ0n) is 17.1. The van der Waals surface area contributed by atoms with Crippen molar-refractivity contribution in [3.63, 3.8) is 0 Å². The van der Waals surface area contributed by atoms with Gasteiger partial charge in [0.2, 0.25) is 5.91 Å². The van der Waals surface area contributed by atoms with Gasteiger partial charge in [0.1, 0.15) is 17.3 Å². The van der Waals surface area contributed by atoms with Crippen LogP contribution in [0.15, 0.2) is 75.2 Å². The molecule has 3 aromatic rings. The number of Topliss-reactive ketones (excluding diaryl/α,β-unsaturated/α-hetero) is 1. The van der Waals surface area contributed by atoms with E-state index in [4.69, 9.17) is 0 Å². The Morgan fingerprint density at radius 2 is 1.48 bits per heavy atom. The summed E-state index contributed by atoms with van der Waals surface area (Å²) >= 11 is 0. The van der Waals surface area contributed by atoms with E-state index in [1.807, 2.05) is 30.3 Å². The third kappa shape index (κ3) is 3.42. The molecule has 8 nitrogen and oxygen atoms in total. The van der Waals surface area contributed by atoms with Gasteiger partial charge in [-0.15, -0.1) is 0 Å². The smallest absolute Gasteiger partial charge is 0.292 e. The van der Waals surface area contributed by atoms with Crippen molar-refractivity contribution in [1.82, 2.24) is 9.13 Å². The Hall–Kier alpha value is -4.07. The zero-order chi connectivity index (χ0) is 22.1. The molecular weight excluding hydrogens is 396 g/mol. The lowest BCUT2D eigenvalue weighted by Crippen LogP contribution is -2.51. The predicted molar refractivity (Wildman–Crippen MR) is 117 cm³/mol. The Morgan fingerprint density at radius 1 is 0.871 bits per heavy atom. The highest BCUT2D eigenvalue weighted by atomic mass is 16.2. The largest absolute Gasteiger partial charge is 0.332 e. The molecule has 0 saturated heterocycles. The van der Waals surface area contributed by atoms with Crippen molar-refractivity contribution < 1.29 is 9.59 Å². The first-order valence-corrected chi connectivity index (χ1v) is 9.69. The highest BCUT2D eigenvalue weighted by Crippen LogP contribution is 2.33. The molecule has 2 aromatic carbocycles. The van der Waals surface area contributed by atoms with E-state index in [1.165, 1.54) is 25.2 Å². The highest BCUT2D eigenvalue weighted by molar-refractivity contribution is 6.29. The summed E-state index contributed by atoms with van der Waals surface area (Å²) in [5.41, 5.74) is -0.192. The van der Waals surface area contributed by atoms with Crippen LogP contribution in [-0.4, -0.2) is 27.0 Å². The second-order valence-corrected chi connectivity index (χ2v) is 7.23. The monoisotopic (exact) mass is 416 g/mol. The number of para-hydroxylation sites is 1. The molecule has 0 aliphatic carbocycles. The van der Waals surface area contributed by atoms with Gasteiger partial charge < -0.3 is 0 Å². The van der Waals surface area contributed by atoms with Gasteiger partial charge in [0.15, 0.2) is 5.78 Å². The number of aliphatic imine (C=N–C) groups is 1. The van der Waals surface area contributed by atoms with Crippen molar-refractivity contribution in [3.05, 3.63) is 92.6 Å². The van der Waals surface area contributed by atoms with Crippen molar-refractivity contribution in [1.29, 1.82) is 0 Å². The van der Waals surface area contributed by atoms with Gasteiger partial charge in [-0.2, -0.15) is 0 Å². The maximum Gasteiger partial charge on any atom is 0.332 e. The first kappa shape index (κ1) is 20.2. The van der Waals surface area contributed by atoms with E-state index in [0.717, 1.165) is 14.7 Å². The summed E-state index contributed by atoms with van der Waals surface area (Å²) in [5, 5.41) is 0. The number of ketones is 1. The van der Waals surface area contributed by atoms with Crippen LogP contribution in [0.3, 0.4) is 0 Å². The number of nitrogens with zero attached hydrogens (tertiary/aromatic N) is 4. The van der Waals surface area contributed by atoms with Crippen molar-refractivity contribution in [2.24, 2.45) is 25.0 Å². The van der Waals surface area contributed by atoms with E-state index < -0.39 is 28.9 Å². The molecule has 1 aliphatic rings. The van der Waals surface area contributed by atoms with E-state index in [-0.39, 0.29) is 11.4 Å². The first-order valence-electron chi connectivity index (χ1n) is 9.69. The van der Waals surface area contributed by atoms with E-state index in [2.05, 4.69) is 4.99 Å². The standard InChI is InChI=1S/C23H20N4O4/c1-25-20-18(22(30)26(2)23(25)31)19(28)17(14-24-13-15-9-5-3-6-10-15)21(29)27(20)16-11-7-4-8-12-16/h3-12,14,17H,13H2,1-2H3/t17-/m1/s1. The van der Waals surface area contributed by atoms with Gasteiger partial charge >= 0.3 is 5.69 Å². The molecule has 4 rings (SSSR count). The Morgan fingerprint density at radius 3 is 2.13 bits per heavy atom. The van der Waals surface area contributed by atoms with Gasteiger partial charge in [-0.3, -0.25) is 33.4 Å². The van der Waals surface area contributed by atoms with Crippen molar-refractivity contribution in [3.8, 4) is 0 Å². The van der Waals surface area contributed by atoms with E-state index in [0.29, 0.717) is 12.2 Å². The summed E-state index contributed by atoms with van der Waals surface area (Å²) in [6, 6.07) is 18.0. The summed E-state index contributed by atoms with van der Waals surface area (Å²) < 4.78 is 2.02. The third-order valence-corrected chi connectivity index (χ3v) is 5.25. The Bertz CT molecular complexity index is 1310. The zero-order valence-corrected chi connectivity index (χ0v) is 17.1. The number of anilines is 2. The molecule has 1 amide bonds. The average molecular weight is 416 g/mol. The second kappa shape index (κ2) is 7.98. The molecule has 1 aromatic heterocycles. The molecular formula is C23H20N4O4. The Labute approximate surface area is 177 Å². The summed E-state index contributed by atoms with van der Waals surface area (Å²) in [6.45, 7) is 0.293. The quantitative estimate of drug-likeness (QED) is 0.479. The van der Waals surface area contributed by atoms with Crippen LogP contribution in [0.1, 0.15) is 15.9 Å². The number of aromatic nitrogens is 2. The van der Waals surface area contributed by atoms with Gasteiger partial charge in [0.25, 0.3) is 5.56 Å². The molecule has 0 N–H and O–H groups in total. The van der Waals surface area contributed by atoms with Crippen LogP contribution in [0.5, 0.6) is 0 Å². The lowest BCUT2D eigenvalue weighted by molar-refractivity contribution is -0.118. The van der Waals surface area contributed by atoms with E-state index >= 15 is 0 Å². The summed E-state index contributed by atoms with van der Waals surface area (Å²) in [4.78, 5) is 57.5. The number of fused-ring (bicyclic) bond motifs is 1. The summed E-state index contributed by atoms with van der Waals surface area (Å²) in [5.74, 6) is -2.52. The molecule has 0 saturated carbocycles. The van der Waals surface area contributed by atoms with Gasteiger partial charge in [0, 0.05) is 20.3 Å². The van der Waals surface area contributed by atoms with Gasteiger partial charge in [-0.05, 0) is 17.7 Å². The van der Waals surface area contributed by atoms with Crippen LogP contribution in [-0.2, 0) is 25.4 Å². The van der Waals surface area contributed by atoms with Crippen LogP contribution in [0, 0.1) is 5.92 Å². The minimum Gasteiger partial charge on any atom is -0.292 e. The molecule has 0 spiro atoms. The Balaban J connectivity index is 1.86. The lowest BCUT2D eigenvalue weighted by Gasteiger charge is -2.32. The van der Waals surface area contributed by atoms with Gasteiger partial charge in [-0.1, -0.05) is 48.5 Å². The molecule has 1 atom stereocenters. The number of hydrogen-bond donors (Lipinski definition) is 0. The van der Waals surface area contributed by atoms with Crippen LogP contribution in [0.25, 0.3) is 0 Å². The number of rotatable bonds is 4.